The minimum Gasteiger partial charge on any atom is -0.507 e. The van der Waals surface area contributed by atoms with Crippen molar-refractivity contribution in [3.8, 4) is 23.0 Å². The van der Waals surface area contributed by atoms with Gasteiger partial charge >= 0.3 is 5.63 Å². The van der Waals surface area contributed by atoms with E-state index in [2.05, 4.69) is 5.32 Å². The molecule has 1 saturated carbocycles. The molecule has 1 atom stereocenters. The summed E-state index contributed by atoms with van der Waals surface area (Å²) in [5.74, 6) is -0.163. The molecule has 0 aliphatic heterocycles. The van der Waals surface area contributed by atoms with Gasteiger partial charge in [-0.1, -0.05) is 6.07 Å². The lowest BCUT2D eigenvalue weighted by molar-refractivity contribution is -0.122. The Bertz CT molecular complexity index is 1040. The van der Waals surface area contributed by atoms with E-state index in [1.165, 1.54) is 27.4 Å². The lowest BCUT2D eigenvalue weighted by Crippen LogP contribution is -2.39. The molecule has 0 spiro atoms. The predicted octanol–water partition coefficient (Wildman–Crippen LogP) is 2.62. The van der Waals surface area contributed by atoms with Gasteiger partial charge in [-0.3, -0.25) is 4.79 Å². The highest BCUT2D eigenvalue weighted by molar-refractivity contribution is 5.78. The van der Waals surface area contributed by atoms with E-state index in [1.807, 2.05) is 0 Å². The van der Waals surface area contributed by atoms with Gasteiger partial charge in [-0.05, 0) is 38.7 Å². The zero-order chi connectivity index (χ0) is 24.1. The summed E-state index contributed by atoms with van der Waals surface area (Å²) in [6.07, 6.45) is 2.13. The number of aromatic hydroxyl groups is 1. The van der Waals surface area contributed by atoms with E-state index < -0.39 is 11.5 Å². The van der Waals surface area contributed by atoms with E-state index in [9.17, 15) is 19.8 Å². The lowest BCUT2D eigenvalue weighted by Gasteiger charge is -2.27. The van der Waals surface area contributed by atoms with Gasteiger partial charge in [-0.25, -0.2) is 4.79 Å². The van der Waals surface area contributed by atoms with Gasteiger partial charge in [0.05, 0.1) is 33.0 Å². The van der Waals surface area contributed by atoms with Gasteiger partial charge in [0, 0.05) is 30.0 Å². The molecule has 0 radical (unpaired) electrons. The van der Waals surface area contributed by atoms with Crippen LogP contribution in [0.5, 0.6) is 23.0 Å². The third-order valence-electron chi connectivity index (χ3n) is 6.00. The Hall–Kier alpha value is -3.20. The molecule has 1 aromatic heterocycles. The summed E-state index contributed by atoms with van der Waals surface area (Å²) in [4.78, 5) is 25.8. The molecule has 3 N–H and O–H groups in total. The quantitative estimate of drug-likeness (QED) is 0.547. The molecule has 3 rings (SSSR count). The Labute approximate surface area is 192 Å². The Kier molecular flexibility index (Phi) is 7.86. The van der Waals surface area contributed by atoms with Crippen LogP contribution in [0.3, 0.4) is 0 Å². The van der Waals surface area contributed by atoms with Crippen LogP contribution in [0.1, 0.15) is 54.9 Å². The van der Waals surface area contributed by atoms with Crippen molar-refractivity contribution in [2.24, 2.45) is 0 Å². The number of carbonyl (C=O) groups excluding carboxylic acids is 1. The Morgan fingerprint density at radius 3 is 2.36 bits per heavy atom. The first kappa shape index (κ1) is 24.4. The monoisotopic (exact) mass is 461 g/mol. The minimum absolute atomic E-state index is 0.0414. The van der Waals surface area contributed by atoms with Crippen LogP contribution in [-0.2, 0) is 4.79 Å². The van der Waals surface area contributed by atoms with Crippen LogP contribution in [0.2, 0.25) is 0 Å². The van der Waals surface area contributed by atoms with Crippen molar-refractivity contribution >= 4 is 5.91 Å². The zero-order valence-corrected chi connectivity index (χ0v) is 19.3. The Morgan fingerprint density at radius 2 is 1.79 bits per heavy atom. The van der Waals surface area contributed by atoms with Gasteiger partial charge in [-0.2, -0.15) is 0 Å². The van der Waals surface area contributed by atoms with Crippen molar-refractivity contribution in [1.82, 2.24) is 5.32 Å². The first-order chi connectivity index (χ1) is 15.8. The third kappa shape index (κ3) is 5.42. The van der Waals surface area contributed by atoms with Crippen molar-refractivity contribution in [3.05, 3.63) is 45.5 Å². The SMILES string of the molecule is COc1ccc([C@@H](CC(=O)NC2CCC(O)CC2)c2c(O)cc(C)oc2=O)c(OC)c1OC. The molecule has 1 aromatic carbocycles. The summed E-state index contributed by atoms with van der Waals surface area (Å²) in [7, 11) is 4.40. The van der Waals surface area contributed by atoms with Crippen LogP contribution in [0.15, 0.2) is 27.4 Å². The van der Waals surface area contributed by atoms with Crippen molar-refractivity contribution < 1.29 is 33.6 Å². The maximum atomic E-state index is 13.0. The number of methoxy groups -OCH3 is 3. The summed E-state index contributed by atoms with van der Waals surface area (Å²) in [5.41, 5.74) is -0.306. The molecule has 9 nitrogen and oxygen atoms in total. The van der Waals surface area contributed by atoms with Crippen molar-refractivity contribution in [2.75, 3.05) is 21.3 Å². The van der Waals surface area contributed by atoms with Crippen LogP contribution >= 0.6 is 0 Å². The number of amides is 1. The van der Waals surface area contributed by atoms with Crippen LogP contribution in [-0.4, -0.2) is 49.6 Å². The van der Waals surface area contributed by atoms with E-state index in [0.29, 0.717) is 42.7 Å². The molecule has 1 aliphatic rings. The second-order valence-corrected chi connectivity index (χ2v) is 8.20. The maximum Gasteiger partial charge on any atom is 0.343 e. The van der Waals surface area contributed by atoms with E-state index >= 15 is 0 Å². The van der Waals surface area contributed by atoms with Crippen LogP contribution < -0.4 is 25.2 Å². The van der Waals surface area contributed by atoms with Crippen LogP contribution in [0.25, 0.3) is 0 Å². The van der Waals surface area contributed by atoms with Crippen molar-refractivity contribution in [1.29, 1.82) is 0 Å². The summed E-state index contributed by atoms with van der Waals surface area (Å²) in [6.45, 7) is 1.56. The summed E-state index contributed by atoms with van der Waals surface area (Å²) >= 11 is 0. The molecule has 0 bridgehead atoms. The molecule has 33 heavy (non-hydrogen) atoms. The molecule has 2 aromatic rings. The minimum atomic E-state index is -0.870. The highest BCUT2D eigenvalue weighted by Crippen LogP contribution is 2.45. The predicted molar refractivity (Wildman–Crippen MR) is 120 cm³/mol. The van der Waals surface area contributed by atoms with Gasteiger partial charge in [0.1, 0.15) is 11.5 Å². The first-order valence-electron chi connectivity index (χ1n) is 10.9. The molecule has 0 saturated heterocycles. The average molecular weight is 462 g/mol. The fraction of sp³-hybridized carbons (Fsp3) is 0.500. The number of aryl methyl sites for hydroxylation is 1. The van der Waals surface area contributed by atoms with E-state index in [1.54, 1.807) is 19.1 Å². The van der Waals surface area contributed by atoms with Gasteiger partial charge in [0.25, 0.3) is 0 Å². The fourth-order valence-corrected chi connectivity index (χ4v) is 4.38. The average Bonchev–Trinajstić information content (AvgIpc) is 2.78. The van der Waals surface area contributed by atoms with E-state index in [4.69, 9.17) is 18.6 Å². The number of benzene rings is 1. The van der Waals surface area contributed by atoms with Crippen LogP contribution in [0.4, 0.5) is 0 Å². The lowest BCUT2D eigenvalue weighted by atomic mass is 9.87. The maximum absolute atomic E-state index is 13.0. The molecule has 9 heteroatoms. The number of carbonyl (C=O) groups is 1. The molecule has 1 aliphatic carbocycles. The second-order valence-electron chi connectivity index (χ2n) is 8.20. The first-order valence-corrected chi connectivity index (χ1v) is 10.9. The van der Waals surface area contributed by atoms with Gasteiger partial charge < -0.3 is 34.2 Å². The summed E-state index contributed by atoms with van der Waals surface area (Å²) < 4.78 is 21.6. The topological polar surface area (TPSA) is 127 Å². The fourth-order valence-electron chi connectivity index (χ4n) is 4.38. The largest absolute Gasteiger partial charge is 0.507 e. The number of hydrogen-bond acceptors (Lipinski definition) is 8. The molecule has 1 amide bonds. The number of aliphatic hydroxyl groups excluding tert-OH is 1. The normalized spacial score (nSPS) is 18.9. The Balaban J connectivity index is 2.04. The zero-order valence-electron chi connectivity index (χ0n) is 19.3. The molecular weight excluding hydrogens is 430 g/mol. The molecule has 1 fully saturated rings. The number of ether oxygens (including phenoxy) is 3. The van der Waals surface area contributed by atoms with Crippen LogP contribution in [0, 0.1) is 6.92 Å². The van der Waals surface area contributed by atoms with Gasteiger partial charge in [0.15, 0.2) is 11.5 Å². The standard InChI is InChI=1S/C24H31NO8/c1-13-11-18(27)21(24(29)33-13)17(12-20(28)25-14-5-7-15(26)8-6-14)16-9-10-19(30-2)23(32-4)22(16)31-3/h9-11,14-15,17,26-27H,5-8,12H2,1-4H3,(H,25,28)/t14?,15?,17-/m1/s1. The second kappa shape index (κ2) is 10.6. The molecule has 180 valence electrons. The number of nitrogens with one attached hydrogen (secondary N) is 1. The van der Waals surface area contributed by atoms with Gasteiger partial charge in [-0.15, -0.1) is 0 Å². The van der Waals surface area contributed by atoms with Crippen molar-refractivity contribution in [3.63, 3.8) is 0 Å². The molecule has 0 unspecified atom stereocenters. The molecular formula is C24H31NO8. The van der Waals surface area contributed by atoms with E-state index in [0.717, 1.165) is 0 Å². The van der Waals surface area contributed by atoms with E-state index in [-0.39, 0.29) is 47.3 Å². The summed E-state index contributed by atoms with van der Waals surface area (Å²) in [6, 6.07) is 4.61. The highest BCUT2D eigenvalue weighted by Gasteiger charge is 2.31. The summed E-state index contributed by atoms with van der Waals surface area (Å²) in [5, 5.41) is 23.3. The van der Waals surface area contributed by atoms with Gasteiger partial charge in [0.2, 0.25) is 11.7 Å². The number of hydrogen-bond donors (Lipinski definition) is 3. The Morgan fingerprint density at radius 1 is 1.12 bits per heavy atom. The highest BCUT2D eigenvalue weighted by atomic mass is 16.5. The van der Waals surface area contributed by atoms with Crippen molar-refractivity contribution in [2.45, 2.75) is 57.1 Å². The molecule has 1 heterocycles. The number of rotatable bonds is 8. The third-order valence-corrected chi connectivity index (χ3v) is 6.00. The smallest absolute Gasteiger partial charge is 0.343 e. The number of aliphatic hydroxyl groups is 1.